The lowest BCUT2D eigenvalue weighted by Gasteiger charge is -2.39. The second kappa shape index (κ2) is 11.4. The minimum atomic E-state index is 0.239. The van der Waals surface area contributed by atoms with E-state index in [4.69, 9.17) is 23.1 Å². The third-order valence-corrected chi connectivity index (χ3v) is 7.51. The SMILES string of the molecule is C/C(N)=C/C(N)=Nc1nc(Nc2cc(C)c(C3CCC(N4CCCCC4)CC3)cc2C)ncc1Cl. The van der Waals surface area contributed by atoms with Crippen molar-refractivity contribution >= 4 is 34.9 Å². The highest BCUT2D eigenvalue weighted by atomic mass is 35.5. The summed E-state index contributed by atoms with van der Waals surface area (Å²) in [5, 5.41) is 3.66. The highest BCUT2D eigenvalue weighted by molar-refractivity contribution is 6.32. The van der Waals surface area contributed by atoms with E-state index >= 15 is 0 Å². The Morgan fingerprint density at radius 3 is 2.49 bits per heavy atom. The summed E-state index contributed by atoms with van der Waals surface area (Å²) in [7, 11) is 0. The number of nitrogens with one attached hydrogen (secondary N) is 1. The first kappa shape index (κ1) is 25.5. The number of allylic oxidation sites excluding steroid dienone is 1. The summed E-state index contributed by atoms with van der Waals surface area (Å²) in [6.07, 6.45) is 12.4. The Hall–Kier alpha value is -2.64. The number of piperidine rings is 1. The molecule has 1 aliphatic carbocycles. The lowest BCUT2D eigenvalue weighted by Crippen LogP contribution is -2.41. The van der Waals surface area contributed by atoms with E-state index in [-0.39, 0.29) is 5.84 Å². The smallest absolute Gasteiger partial charge is 0.229 e. The lowest BCUT2D eigenvalue weighted by atomic mass is 9.79. The van der Waals surface area contributed by atoms with Crippen molar-refractivity contribution in [3.63, 3.8) is 0 Å². The zero-order valence-corrected chi connectivity index (χ0v) is 21.9. The lowest BCUT2D eigenvalue weighted by molar-refractivity contribution is 0.125. The van der Waals surface area contributed by atoms with E-state index in [0.717, 1.165) is 11.7 Å². The van der Waals surface area contributed by atoms with Gasteiger partial charge in [-0.05, 0) is 107 Å². The van der Waals surface area contributed by atoms with E-state index in [0.29, 0.717) is 28.4 Å². The fraction of sp³-hybridized carbons (Fsp3) is 0.519. The Kier molecular flexibility index (Phi) is 8.29. The largest absolute Gasteiger partial charge is 0.402 e. The highest BCUT2D eigenvalue weighted by Gasteiger charge is 2.28. The number of halogens is 1. The van der Waals surface area contributed by atoms with E-state index < -0.39 is 0 Å². The molecule has 1 aromatic carbocycles. The van der Waals surface area contributed by atoms with E-state index in [1.54, 1.807) is 13.0 Å². The molecule has 2 fully saturated rings. The Labute approximate surface area is 214 Å². The van der Waals surface area contributed by atoms with E-state index in [1.165, 1.54) is 80.9 Å². The molecular formula is C27H38ClN7. The molecule has 1 aromatic heterocycles. The number of likely N-dealkylation sites (tertiary alicyclic amines) is 1. The van der Waals surface area contributed by atoms with Crippen molar-refractivity contribution in [1.29, 1.82) is 0 Å². The molecule has 7 nitrogen and oxygen atoms in total. The van der Waals surface area contributed by atoms with Crippen molar-refractivity contribution in [1.82, 2.24) is 14.9 Å². The fourth-order valence-corrected chi connectivity index (χ4v) is 5.59. The Morgan fingerprint density at radius 1 is 1.09 bits per heavy atom. The number of rotatable bonds is 6. The second-order valence-electron chi connectivity index (χ2n) is 10.0. The number of aryl methyl sites for hydroxylation is 2. The standard InChI is InChI=1S/C27H38ClN7/c1-17-14-24(32-27-31-16-23(28)26(34-27)33-25(30)15-19(3)29)18(2)13-22(17)20-7-9-21(10-8-20)35-11-5-4-6-12-35/h13-16,20-21H,4-12,29H2,1-3H3,(H3,30,31,32,33,34)/b19-15-. The molecule has 2 aromatic rings. The number of aliphatic imine (C=N–C) groups is 1. The number of hydrogen-bond donors (Lipinski definition) is 3. The van der Waals surface area contributed by atoms with Gasteiger partial charge in [0, 0.05) is 17.4 Å². The number of benzene rings is 1. The van der Waals surface area contributed by atoms with Crippen LogP contribution in [-0.2, 0) is 0 Å². The van der Waals surface area contributed by atoms with Gasteiger partial charge in [-0.2, -0.15) is 4.98 Å². The van der Waals surface area contributed by atoms with Crippen LogP contribution >= 0.6 is 11.6 Å². The zero-order valence-electron chi connectivity index (χ0n) is 21.1. The van der Waals surface area contributed by atoms with Crippen LogP contribution in [0.3, 0.4) is 0 Å². The minimum absolute atomic E-state index is 0.239. The van der Waals surface area contributed by atoms with E-state index in [2.05, 4.69) is 51.2 Å². The van der Waals surface area contributed by atoms with Crippen molar-refractivity contribution in [2.75, 3.05) is 18.4 Å². The Morgan fingerprint density at radius 2 is 1.80 bits per heavy atom. The summed E-state index contributed by atoms with van der Waals surface area (Å²) >= 11 is 6.23. The molecule has 0 unspecified atom stereocenters. The van der Waals surface area contributed by atoms with Gasteiger partial charge >= 0.3 is 0 Å². The van der Waals surface area contributed by atoms with Crippen LogP contribution in [-0.4, -0.2) is 39.8 Å². The van der Waals surface area contributed by atoms with Crippen molar-refractivity contribution in [2.45, 2.75) is 77.7 Å². The van der Waals surface area contributed by atoms with Crippen LogP contribution in [0.1, 0.15) is 74.5 Å². The average molecular weight is 496 g/mol. The van der Waals surface area contributed by atoms with Crippen molar-refractivity contribution < 1.29 is 0 Å². The normalized spacial score (nSPS) is 22.3. The van der Waals surface area contributed by atoms with Gasteiger partial charge in [0.1, 0.15) is 10.9 Å². The number of nitrogens with zero attached hydrogens (tertiary/aromatic N) is 4. The van der Waals surface area contributed by atoms with Crippen LogP contribution in [0.5, 0.6) is 0 Å². The summed E-state index contributed by atoms with van der Waals surface area (Å²) in [6.45, 7) is 8.67. The van der Waals surface area contributed by atoms with E-state index in [1.807, 2.05) is 0 Å². The predicted molar refractivity (Wildman–Crippen MR) is 146 cm³/mol. The molecule has 8 heteroatoms. The zero-order chi connectivity index (χ0) is 24.9. The number of aromatic nitrogens is 2. The molecule has 0 bridgehead atoms. The van der Waals surface area contributed by atoms with Crippen LogP contribution in [0.15, 0.2) is 35.1 Å². The highest BCUT2D eigenvalue weighted by Crippen LogP contribution is 2.38. The molecule has 0 amide bonds. The molecular weight excluding hydrogens is 458 g/mol. The van der Waals surface area contributed by atoms with Gasteiger partial charge in [-0.25, -0.2) is 9.98 Å². The summed E-state index contributed by atoms with van der Waals surface area (Å²) in [5.74, 6) is 1.60. The average Bonchev–Trinajstić information content (AvgIpc) is 2.83. The molecule has 1 saturated heterocycles. The first-order valence-electron chi connectivity index (χ1n) is 12.7. The third-order valence-electron chi connectivity index (χ3n) is 7.24. The molecule has 35 heavy (non-hydrogen) atoms. The summed E-state index contributed by atoms with van der Waals surface area (Å²) in [4.78, 5) is 15.8. The van der Waals surface area contributed by atoms with Gasteiger partial charge in [-0.3, -0.25) is 0 Å². The Bertz CT molecular complexity index is 1090. The second-order valence-corrected chi connectivity index (χ2v) is 10.4. The van der Waals surface area contributed by atoms with Gasteiger partial charge in [0.05, 0.1) is 6.20 Å². The van der Waals surface area contributed by atoms with Gasteiger partial charge in [0.25, 0.3) is 0 Å². The van der Waals surface area contributed by atoms with Crippen molar-refractivity contribution in [2.24, 2.45) is 16.5 Å². The third kappa shape index (κ3) is 6.53. The molecule has 5 N–H and O–H groups in total. The fourth-order valence-electron chi connectivity index (χ4n) is 5.45. The molecule has 4 rings (SSSR count). The van der Waals surface area contributed by atoms with Gasteiger partial charge in [-0.15, -0.1) is 0 Å². The maximum atomic E-state index is 6.23. The molecule has 2 heterocycles. The number of nitrogens with two attached hydrogens (primary N) is 2. The van der Waals surface area contributed by atoms with Crippen LogP contribution in [0.2, 0.25) is 5.02 Å². The van der Waals surface area contributed by atoms with Gasteiger partial charge in [0.15, 0.2) is 5.82 Å². The van der Waals surface area contributed by atoms with Crippen LogP contribution < -0.4 is 16.8 Å². The quantitative estimate of drug-likeness (QED) is 0.342. The first-order chi connectivity index (χ1) is 16.8. The molecule has 1 aliphatic heterocycles. The molecule has 0 atom stereocenters. The van der Waals surface area contributed by atoms with Gasteiger partial charge < -0.3 is 21.7 Å². The minimum Gasteiger partial charge on any atom is -0.402 e. The van der Waals surface area contributed by atoms with E-state index in [9.17, 15) is 0 Å². The number of hydrogen-bond acceptors (Lipinski definition) is 6. The van der Waals surface area contributed by atoms with Crippen molar-refractivity contribution in [3.05, 3.63) is 51.8 Å². The first-order valence-corrected chi connectivity index (χ1v) is 13.1. The molecule has 188 valence electrons. The summed E-state index contributed by atoms with van der Waals surface area (Å²) in [5.41, 5.74) is 17.1. The number of anilines is 2. The molecule has 2 aliphatic rings. The molecule has 0 radical (unpaired) electrons. The monoisotopic (exact) mass is 495 g/mol. The van der Waals surface area contributed by atoms with Gasteiger partial charge in [0.2, 0.25) is 5.95 Å². The maximum absolute atomic E-state index is 6.23. The van der Waals surface area contributed by atoms with Crippen molar-refractivity contribution in [3.8, 4) is 0 Å². The predicted octanol–water partition coefficient (Wildman–Crippen LogP) is 5.85. The van der Waals surface area contributed by atoms with Crippen LogP contribution in [0.25, 0.3) is 0 Å². The number of amidine groups is 1. The summed E-state index contributed by atoms with van der Waals surface area (Å²) in [6, 6.07) is 5.33. The molecule has 1 saturated carbocycles. The van der Waals surface area contributed by atoms with Gasteiger partial charge in [-0.1, -0.05) is 24.1 Å². The summed E-state index contributed by atoms with van der Waals surface area (Å²) < 4.78 is 0. The van der Waals surface area contributed by atoms with Crippen LogP contribution in [0, 0.1) is 13.8 Å². The topological polar surface area (TPSA) is 105 Å². The Balaban J connectivity index is 1.46. The maximum Gasteiger partial charge on any atom is 0.229 e. The molecule has 0 spiro atoms. The van der Waals surface area contributed by atoms with Crippen LogP contribution in [0.4, 0.5) is 17.5 Å².